The number of carbonyl (C=O) groups is 1. The van der Waals surface area contributed by atoms with Gasteiger partial charge in [0, 0.05) is 13.1 Å². The predicted molar refractivity (Wildman–Crippen MR) is 59.9 cm³/mol. The molecule has 0 fully saturated rings. The van der Waals surface area contributed by atoms with Crippen LogP contribution in [0.25, 0.3) is 11.2 Å². The fourth-order valence-electron chi connectivity index (χ4n) is 1.42. The number of carbonyl (C=O) groups excluding carboxylic acids is 1. The summed E-state index contributed by atoms with van der Waals surface area (Å²) < 4.78 is 1.56. The first-order chi connectivity index (χ1) is 7.20. The maximum atomic E-state index is 11.2. The summed E-state index contributed by atoms with van der Waals surface area (Å²) in [6, 6.07) is 3.63. The minimum Gasteiger partial charge on any atom is -0.274 e. The van der Waals surface area contributed by atoms with Crippen LogP contribution in [0, 0.1) is 6.92 Å². The van der Waals surface area contributed by atoms with E-state index in [4.69, 9.17) is 0 Å². The van der Waals surface area contributed by atoms with Crippen molar-refractivity contribution < 1.29 is 4.79 Å². The van der Waals surface area contributed by atoms with Crippen LogP contribution in [0.2, 0.25) is 0 Å². The molecule has 4 heteroatoms. The molecule has 2 aromatic heterocycles. The first-order valence-corrected chi connectivity index (χ1v) is 5.01. The lowest BCUT2D eigenvalue weighted by atomic mass is 10.4. The molecule has 0 aromatic carbocycles. The van der Waals surface area contributed by atoms with Crippen LogP contribution < -0.4 is 0 Å². The van der Waals surface area contributed by atoms with E-state index in [1.165, 1.54) is 6.92 Å². The summed E-state index contributed by atoms with van der Waals surface area (Å²) in [7, 11) is 0. The van der Waals surface area contributed by atoms with Crippen molar-refractivity contribution in [1.29, 1.82) is 0 Å². The topological polar surface area (TPSA) is 47.8 Å². The van der Waals surface area contributed by atoms with Gasteiger partial charge in [0.25, 0.3) is 0 Å². The van der Waals surface area contributed by atoms with Gasteiger partial charge in [0.1, 0.15) is 5.82 Å². The lowest BCUT2D eigenvalue weighted by Gasteiger charge is -1.98. The van der Waals surface area contributed by atoms with E-state index in [1.807, 2.05) is 19.9 Å². The minimum atomic E-state index is -0.0343. The van der Waals surface area contributed by atoms with Crippen molar-refractivity contribution in [2.24, 2.45) is 0 Å². The van der Waals surface area contributed by atoms with E-state index in [2.05, 4.69) is 9.97 Å². The van der Waals surface area contributed by atoms with Gasteiger partial charge in [0.05, 0.1) is 5.52 Å². The number of aryl methyl sites for hydroxylation is 1. The molecule has 0 amide bonds. The van der Waals surface area contributed by atoms with Gasteiger partial charge in [-0.1, -0.05) is 13.8 Å². The van der Waals surface area contributed by atoms with Gasteiger partial charge in [-0.05, 0) is 19.1 Å². The molecule has 0 bridgehead atoms. The minimum absolute atomic E-state index is 0.0343. The Balaban J connectivity index is 0.000000531. The molecule has 2 rings (SSSR count). The van der Waals surface area contributed by atoms with Crippen LogP contribution in [0.4, 0.5) is 0 Å². The Morgan fingerprint density at radius 2 is 2.07 bits per heavy atom. The van der Waals surface area contributed by atoms with Gasteiger partial charge in [-0.25, -0.2) is 9.97 Å². The van der Waals surface area contributed by atoms with Gasteiger partial charge in [-0.15, -0.1) is 0 Å². The summed E-state index contributed by atoms with van der Waals surface area (Å²) in [5.41, 5.74) is 1.39. The Hall–Kier alpha value is -1.71. The molecule has 0 atom stereocenters. The molecule has 0 aliphatic carbocycles. The molecule has 0 unspecified atom stereocenters. The van der Waals surface area contributed by atoms with Gasteiger partial charge in [0.2, 0.25) is 5.91 Å². The summed E-state index contributed by atoms with van der Waals surface area (Å²) in [6.07, 6.45) is 1.67. The van der Waals surface area contributed by atoms with Crippen molar-refractivity contribution in [3.8, 4) is 0 Å². The molecule has 2 heterocycles. The van der Waals surface area contributed by atoms with Gasteiger partial charge in [0.15, 0.2) is 5.65 Å². The maximum absolute atomic E-state index is 11.2. The summed E-state index contributed by atoms with van der Waals surface area (Å²) in [5.74, 6) is 0.647. The van der Waals surface area contributed by atoms with Gasteiger partial charge in [-0.3, -0.25) is 9.36 Å². The van der Waals surface area contributed by atoms with Gasteiger partial charge < -0.3 is 0 Å². The van der Waals surface area contributed by atoms with Gasteiger partial charge in [-0.2, -0.15) is 0 Å². The van der Waals surface area contributed by atoms with Crippen molar-refractivity contribution in [2.75, 3.05) is 0 Å². The summed E-state index contributed by atoms with van der Waals surface area (Å²) in [6.45, 7) is 7.31. The number of hydrogen-bond donors (Lipinski definition) is 0. The van der Waals surface area contributed by atoms with Crippen molar-refractivity contribution in [3.05, 3.63) is 24.2 Å². The molecule has 4 nitrogen and oxygen atoms in total. The lowest BCUT2D eigenvalue weighted by molar-refractivity contribution is 0.0939. The highest BCUT2D eigenvalue weighted by Gasteiger charge is 2.09. The fourth-order valence-corrected chi connectivity index (χ4v) is 1.42. The average molecular weight is 205 g/mol. The lowest BCUT2D eigenvalue weighted by Crippen LogP contribution is -2.06. The van der Waals surface area contributed by atoms with Crippen LogP contribution in [-0.4, -0.2) is 20.4 Å². The second-order valence-electron chi connectivity index (χ2n) is 2.86. The third-order valence-corrected chi connectivity index (χ3v) is 1.91. The third-order valence-electron chi connectivity index (χ3n) is 1.91. The molecule has 0 spiro atoms. The zero-order valence-corrected chi connectivity index (χ0v) is 9.48. The van der Waals surface area contributed by atoms with Crippen molar-refractivity contribution >= 4 is 17.1 Å². The molecule has 0 N–H and O–H groups in total. The quantitative estimate of drug-likeness (QED) is 0.663. The fraction of sp³-hybridized carbons (Fsp3) is 0.364. The molecular weight excluding hydrogens is 190 g/mol. The monoisotopic (exact) mass is 205 g/mol. The van der Waals surface area contributed by atoms with E-state index >= 15 is 0 Å². The Bertz CT molecular complexity index is 474. The number of rotatable bonds is 0. The summed E-state index contributed by atoms with van der Waals surface area (Å²) in [5, 5.41) is 0. The number of hydrogen-bond acceptors (Lipinski definition) is 3. The molecular formula is C11H15N3O. The van der Waals surface area contributed by atoms with Crippen LogP contribution in [0.3, 0.4) is 0 Å². The highest BCUT2D eigenvalue weighted by Crippen LogP contribution is 2.12. The van der Waals surface area contributed by atoms with E-state index in [1.54, 1.807) is 23.8 Å². The summed E-state index contributed by atoms with van der Waals surface area (Å²) >= 11 is 0. The molecule has 2 aromatic rings. The Labute approximate surface area is 89.0 Å². The van der Waals surface area contributed by atoms with E-state index in [9.17, 15) is 4.79 Å². The van der Waals surface area contributed by atoms with E-state index in [0.29, 0.717) is 11.5 Å². The second-order valence-corrected chi connectivity index (χ2v) is 2.86. The maximum Gasteiger partial charge on any atom is 0.229 e. The van der Waals surface area contributed by atoms with Gasteiger partial charge >= 0.3 is 0 Å². The predicted octanol–water partition coefficient (Wildman–Crippen LogP) is 2.43. The average Bonchev–Trinajstić information content (AvgIpc) is 2.56. The van der Waals surface area contributed by atoms with Crippen LogP contribution in [0.1, 0.15) is 31.4 Å². The van der Waals surface area contributed by atoms with Crippen LogP contribution in [-0.2, 0) is 0 Å². The van der Waals surface area contributed by atoms with Crippen LogP contribution in [0.5, 0.6) is 0 Å². The standard InChI is InChI=1S/C9H9N3O.C2H6/c1-6-11-9-8(4-3-5-10-9)12(6)7(2)13;1-2/h3-5H,1-2H3;1-2H3. The van der Waals surface area contributed by atoms with Crippen LogP contribution in [0.15, 0.2) is 18.3 Å². The first-order valence-electron chi connectivity index (χ1n) is 5.01. The largest absolute Gasteiger partial charge is 0.274 e. The number of aromatic nitrogens is 3. The van der Waals surface area contributed by atoms with E-state index < -0.39 is 0 Å². The normalized spacial score (nSPS) is 9.60. The highest BCUT2D eigenvalue weighted by molar-refractivity contribution is 5.88. The molecule has 15 heavy (non-hydrogen) atoms. The first kappa shape index (κ1) is 11.4. The molecule has 0 radical (unpaired) electrons. The molecule has 0 aliphatic heterocycles. The number of fused-ring (bicyclic) bond motifs is 1. The van der Waals surface area contributed by atoms with E-state index in [-0.39, 0.29) is 5.91 Å². The third kappa shape index (κ3) is 2.03. The molecule has 0 aliphatic rings. The van der Waals surface area contributed by atoms with Crippen molar-refractivity contribution in [1.82, 2.24) is 14.5 Å². The zero-order valence-electron chi connectivity index (χ0n) is 9.48. The van der Waals surface area contributed by atoms with Crippen LogP contribution >= 0.6 is 0 Å². The Kier molecular flexibility index (Phi) is 3.55. The Morgan fingerprint density at radius 3 is 2.67 bits per heavy atom. The second kappa shape index (κ2) is 4.68. The SMILES string of the molecule is CC.CC(=O)n1c(C)nc2ncccc21. The smallest absolute Gasteiger partial charge is 0.229 e. The zero-order chi connectivity index (χ0) is 11.4. The molecule has 0 saturated heterocycles. The number of imidazole rings is 1. The van der Waals surface area contributed by atoms with Crippen molar-refractivity contribution in [2.45, 2.75) is 27.7 Å². The molecule has 0 saturated carbocycles. The number of pyridine rings is 1. The Morgan fingerprint density at radius 1 is 1.40 bits per heavy atom. The summed E-state index contributed by atoms with van der Waals surface area (Å²) in [4.78, 5) is 19.5. The molecule has 80 valence electrons. The van der Waals surface area contributed by atoms with Crippen molar-refractivity contribution in [3.63, 3.8) is 0 Å². The number of nitrogens with zero attached hydrogens (tertiary/aromatic N) is 3. The highest BCUT2D eigenvalue weighted by atomic mass is 16.1. The van der Waals surface area contributed by atoms with E-state index in [0.717, 1.165) is 5.52 Å².